The Bertz CT molecular complexity index is 1670. The highest BCUT2D eigenvalue weighted by atomic mass is 32.2. The zero-order valence-corrected chi connectivity index (χ0v) is 25.3. The topological polar surface area (TPSA) is 93.5 Å². The van der Waals surface area contributed by atoms with Crippen molar-refractivity contribution in [1.29, 1.82) is 5.26 Å². The predicted octanol–water partition coefficient (Wildman–Crippen LogP) is 6.42. The quantitative estimate of drug-likeness (QED) is 0.315. The lowest BCUT2D eigenvalue weighted by molar-refractivity contribution is 0.132. The Hall–Kier alpha value is -3.81. The van der Waals surface area contributed by atoms with Gasteiger partial charge in [-0.3, -0.25) is 0 Å². The number of fused-ring (bicyclic) bond motifs is 1. The Morgan fingerprint density at radius 1 is 1.00 bits per heavy atom. The van der Waals surface area contributed by atoms with Crippen molar-refractivity contribution in [3.05, 3.63) is 101 Å². The van der Waals surface area contributed by atoms with Crippen molar-refractivity contribution in [2.24, 2.45) is 11.8 Å². The number of nitrogens with zero attached hydrogens (tertiary/aromatic N) is 3. The van der Waals surface area contributed by atoms with Gasteiger partial charge in [0.05, 0.1) is 17.4 Å². The number of rotatable bonds is 8. The van der Waals surface area contributed by atoms with Gasteiger partial charge >= 0.3 is 6.03 Å². The number of benzene rings is 3. The summed E-state index contributed by atoms with van der Waals surface area (Å²) in [5, 5.41) is 12.2. The number of nitrogens with one attached hydrogen (secondary N) is 1. The van der Waals surface area contributed by atoms with Crippen LogP contribution in [-0.4, -0.2) is 49.3 Å². The molecule has 10 heteroatoms. The van der Waals surface area contributed by atoms with Crippen molar-refractivity contribution in [2.45, 2.75) is 55.7 Å². The lowest BCUT2D eigenvalue weighted by atomic mass is 9.79. The molecule has 1 aliphatic heterocycles. The van der Waals surface area contributed by atoms with Gasteiger partial charge < -0.3 is 10.2 Å². The fraction of sp³-hybridized carbons (Fsp3) is 0.412. The van der Waals surface area contributed by atoms with Crippen LogP contribution in [0.1, 0.15) is 55.2 Å². The minimum atomic E-state index is -3.46. The zero-order chi connectivity index (χ0) is 30.9. The van der Waals surface area contributed by atoms with Crippen LogP contribution in [0.25, 0.3) is 0 Å². The molecule has 0 aromatic heterocycles. The first-order valence-corrected chi connectivity index (χ1v) is 16.8. The number of halogens is 2. The van der Waals surface area contributed by atoms with E-state index in [1.54, 1.807) is 4.31 Å². The lowest BCUT2D eigenvalue weighted by Crippen LogP contribution is -2.49. The van der Waals surface area contributed by atoms with Crippen molar-refractivity contribution >= 4 is 21.7 Å². The van der Waals surface area contributed by atoms with Crippen LogP contribution in [0, 0.1) is 34.8 Å². The van der Waals surface area contributed by atoms with Crippen LogP contribution >= 0.6 is 0 Å². The van der Waals surface area contributed by atoms with Crippen molar-refractivity contribution in [3.63, 3.8) is 0 Å². The fourth-order valence-corrected chi connectivity index (χ4v) is 8.80. The third kappa shape index (κ3) is 6.35. The minimum absolute atomic E-state index is 0.0318. The molecule has 3 fully saturated rings. The summed E-state index contributed by atoms with van der Waals surface area (Å²) in [6, 6.07) is 22.1. The van der Waals surface area contributed by atoms with Crippen LogP contribution < -0.4 is 5.32 Å². The molecule has 44 heavy (non-hydrogen) atoms. The first kappa shape index (κ1) is 30.2. The molecule has 1 N–H and O–H groups in total. The molecule has 7 nitrogen and oxygen atoms in total. The van der Waals surface area contributed by atoms with Crippen molar-refractivity contribution in [3.8, 4) is 6.07 Å². The zero-order valence-electron chi connectivity index (χ0n) is 24.5. The first-order valence-electron chi connectivity index (χ1n) is 15.2. The fourth-order valence-electron chi connectivity index (χ4n) is 7.24. The third-order valence-corrected chi connectivity index (χ3v) is 11.6. The summed E-state index contributed by atoms with van der Waals surface area (Å²) in [4.78, 5) is 15.6. The van der Waals surface area contributed by atoms with Gasteiger partial charge in [0.2, 0.25) is 10.0 Å². The predicted molar refractivity (Wildman–Crippen MR) is 164 cm³/mol. The van der Waals surface area contributed by atoms with E-state index < -0.39 is 21.7 Å². The number of urea groups is 1. The molecular formula is C34H36F2N4O3S. The Labute approximate surface area is 257 Å². The van der Waals surface area contributed by atoms with E-state index in [-0.39, 0.29) is 34.8 Å². The van der Waals surface area contributed by atoms with Crippen molar-refractivity contribution in [2.75, 3.05) is 25.0 Å². The summed E-state index contributed by atoms with van der Waals surface area (Å²) >= 11 is 0. The van der Waals surface area contributed by atoms with Gasteiger partial charge in [0.15, 0.2) is 11.6 Å². The number of anilines is 1. The van der Waals surface area contributed by atoms with Gasteiger partial charge in [-0.05, 0) is 91.2 Å². The molecule has 0 bridgehead atoms. The summed E-state index contributed by atoms with van der Waals surface area (Å²) in [5.74, 6) is -1.56. The number of carbonyl (C=O) groups excluding carboxylic acids is 1. The number of piperidine rings is 1. The Morgan fingerprint density at radius 3 is 2.48 bits per heavy atom. The third-order valence-electron chi connectivity index (χ3n) is 9.77. The summed E-state index contributed by atoms with van der Waals surface area (Å²) < 4.78 is 55.2. The van der Waals surface area contributed by atoms with Gasteiger partial charge in [-0.2, -0.15) is 5.26 Å². The summed E-state index contributed by atoms with van der Waals surface area (Å²) in [7, 11) is -3.46. The number of hydrogen-bond acceptors (Lipinski definition) is 4. The number of nitriles is 1. The molecule has 2 aliphatic carbocycles. The maximum Gasteiger partial charge on any atom is 0.322 e. The van der Waals surface area contributed by atoms with E-state index in [1.807, 2.05) is 53.4 Å². The van der Waals surface area contributed by atoms with Crippen LogP contribution in [0.15, 0.2) is 72.8 Å². The van der Waals surface area contributed by atoms with Crippen LogP contribution in [0.4, 0.5) is 19.3 Å². The molecule has 0 spiro atoms. The second-order valence-corrected chi connectivity index (χ2v) is 14.4. The SMILES string of the molecule is N#Cc1cccc([C@@]23CC[C@@H](N(CC4CCN(S(=O)(=O)Cc5ccccc5)CC4)C(=O)Nc4ccc(F)c(F)c4)CC2C3)c1. The highest BCUT2D eigenvalue weighted by Crippen LogP contribution is 2.63. The second kappa shape index (κ2) is 12.3. The Morgan fingerprint density at radius 2 is 1.77 bits per heavy atom. The maximum absolute atomic E-state index is 13.9. The molecule has 3 aromatic rings. The highest BCUT2D eigenvalue weighted by molar-refractivity contribution is 7.88. The molecule has 230 valence electrons. The summed E-state index contributed by atoms with van der Waals surface area (Å²) in [6.45, 7) is 1.24. The van der Waals surface area contributed by atoms with Crippen LogP contribution in [0.5, 0.6) is 0 Å². The molecule has 6 rings (SSSR count). The van der Waals surface area contributed by atoms with E-state index in [0.29, 0.717) is 44.0 Å². The van der Waals surface area contributed by atoms with Crippen LogP contribution in [-0.2, 0) is 21.2 Å². The number of amides is 2. The Balaban J connectivity index is 1.14. The standard InChI is InChI=1S/C34H36F2N4O3S/c35-31-10-9-29(19-32(31)36)38-33(41)40(30-11-14-34(20-28(34)18-30)27-8-4-7-26(17-27)21-37)22-24-12-15-39(16-13-24)44(42,43)23-25-5-2-1-3-6-25/h1-10,17,19,24,28,30H,11-16,18,20,22-23H2,(H,38,41)/t28?,30-,34+/m1/s1. The van der Waals surface area contributed by atoms with Gasteiger partial charge in [-0.15, -0.1) is 0 Å². The van der Waals surface area contributed by atoms with Crippen LogP contribution in [0.3, 0.4) is 0 Å². The van der Waals surface area contributed by atoms with E-state index in [2.05, 4.69) is 17.5 Å². The first-order chi connectivity index (χ1) is 21.2. The molecule has 3 atom stereocenters. The highest BCUT2D eigenvalue weighted by Gasteiger charge is 2.58. The van der Waals surface area contributed by atoms with E-state index >= 15 is 0 Å². The van der Waals surface area contributed by atoms with Gasteiger partial charge in [0.1, 0.15) is 0 Å². The average molecular weight is 619 g/mol. The molecule has 1 heterocycles. The van der Waals surface area contributed by atoms with Crippen molar-refractivity contribution < 1.29 is 22.0 Å². The molecule has 3 aliphatic rings. The molecule has 0 radical (unpaired) electrons. The smallest absolute Gasteiger partial charge is 0.321 e. The van der Waals surface area contributed by atoms with E-state index in [0.717, 1.165) is 43.4 Å². The normalized spacial score (nSPS) is 23.8. The van der Waals surface area contributed by atoms with Crippen molar-refractivity contribution in [1.82, 2.24) is 9.21 Å². The summed E-state index contributed by atoms with van der Waals surface area (Å²) in [5.41, 5.74) is 2.80. The number of sulfonamides is 1. The van der Waals surface area contributed by atoms with E-state index in [4.69, 9.17) is 0 Å². The molecule has 1 unspecified atom stereocenters. The second-order valence-electron chi connectivity index (χ2n) is 12.5. The minimum Gasteiger partial charge on any atom is -0.321 e. The molecule has 3 aromatic carbocycles. The molecule has 1 saturated heterocycles. The maximum atomic E-state index is 13.9. The van der Waals surface area contributed by atoms with Gasteiger partial charge in [-0.1, -0.05) is 42.5 Å². The monoisotopic (exact) mass is 618 g/mol. The lowest BCUT2D eigenvalue weighted by Gasteiger charge is -2.40. The summed E-state index contributed by atoms with van der Waals surface area (Å²) in [6.07, 6.45) is 4.75. The number of hydrogen-bond donors (Lipinski definition) is 1. The molecular weight excluding hydrogens is 582 g/mol. The number of carbonyl (C=O) groups is 1. The van der Waals surface area contributed by atoms with Gasteiger partial charge in [-0.25, -0.2) is 26.3 Å². The van der Waals surface area contributed by atoms with E-state index in [1.165, 1.54) is 11.6 Å². The van der Waals surface area contributed by atoms with Gasteiger partial charge in [0, 0.05) is 37.4 Å². The van der Waals surface area contributed by atoms with Crippen LogP contribution in [0.2, 0.25) is 0 Å². The average Bonchev–Trinajstić information content (AvgIpc) is 3.77. The van der Waals surface area contributed by atoms with E-state index in [9.17, 15) is 27.3 Å². The molecule has 2 saturated carbocycles. The molecule has 2 amide bonds. The van der Waals surface area contributed by atoms with Gasteiger partial charge in [0.25, 0.3) is 0 Å². The largest absolute Gasteiger partial charge is 0.322 e. The Kier molecular flexibility index (Phi) is 8.44.